The topological polar surface area (TPSA) is 84.5 Å². The zero-order chi connectivity index (χ0) is 20.3. The summed E-state index contributed by atoms with van der Waals surface area (Å²) < 4.78 is 31.8. The van der Waals surface area contributed by atoms with Crippen LogP contribution in [0.2, 0.25) is 0 Å². The van der Waals surface area contributed by atoms with Crippen molar-refractivity contribution in [3.05, 3.63) is 45.8 Å². The van der Waals surface area contributed by atoms with E-state index in [0.717, 1.165) is 47.9 Å². The van der Waals surface area contributed by atoms with Crippen LogP contribution in [0.1, 0.15) is 40.6 Å². The molecule has 1 heterocycles. The van der Waals surface area contributed by atoms with Gasteiger partial charge in [-0.05, 0) is 43.4 Å². The van der Waals surface area contributed by atoms with Gasteiger partial charge in [0.1, 0.15) is 16.6 Å². The zero-order valence-electron chi connectivity index (χ0n) is 15.1. The molecule has 0 spiro atoms. The molecule has 0 radical (unpaired) electrons. The van der Waals surface area contributed by atoms with Gasteiger partial charge in [-0.2, -0.15) is 0 Å². The predicted octanol–water partition coefficient (Wildman–Crippen LogP) is 3.66. The van der Waals surface area contributed by atoms with Crippen molar-refractivity contribution in [2.45, 2.75) is 32.6 Å². The van der Waals surface area contributed by atoms with Gasteiger partial charge in [-0.25, -0.2) is 13.6 Å². The van der Waals surface area contributed by atoms with Crippen LogP contribution in [0.5, 0.6) is 0 Å². The average Bonchev–Trinajstić information content (AvgIpc) is 3.00. The van der Waals surface area contributed by atoms with E-state index in [1.54, 1.807) is 0 Å². The van der Waals surface area contributed by atoms with Crippen LogP contribution in [0.4, 0.5) is 19.5 Å². The number of rotatable bonds is 5. The van der Waals surface area contributed by atoms with Gasteiger partial charge >= 0.3 is 5.97 Å². The van der Waals surface area contributed by atoms with E-state index >= 15 is 0 Å². The molecule has 9 heteroatoms. The number of hydrogen-bond donors (Lipinski definition) is 2. The van der Waals surface area contributed by atoms with Crippen molar-refractivity contribution >= 4 is 39.8 Å². The minimum atomic E-state index is -0.805. The summed E-state index contributed by atoms with van der Waals surface area (Å²) in [5.74, 6) is -3.37. The fraction of sp³-hybridized carbons (Fsp3) is 0.316. The fourth-order valence-corrected chi connectivity index (χ4v) is 4.34. The molecule has 0 saturated heterocycles. The van der Waals surface area contributed by atoms with Gasteiger partial charge in [0.2, 0.25) is 5.91 Å². The first-order valence-electron chi connectivity index (χ1n) is 8.69. The van der Waals surface area contributed by atoms with Crippen LogP contribution in [0.25, 0.3) is 0 Å². The molecule has 0 fully saturated rings. The quantitative estimate of drug-likeness (QED) is 0.740. The molecule has 2 amide bonds. The Balaban J connectivity index is 1.70. The lowest BCUT2D eigenvalue weighted by Gasteiger charge is -2.13. The van der Waals surface area contributed by atoms with Gasteiger partial charge in [0.05, 0.1) is 11.3 Å². The van der Waals surface area contributed by atoms with Crippen molar-refractivity contribution in [1.29, 1.82) is 0 Å². The van der Waals surface area contributed by atoms with Crippen LogP contribution in [0.3, 0.4) is 0 Å². The molecule has 0 bridgehead atoms. The lowest BCUT2D eigenvalue weighted by molar-refractivity contribution is -0.119. The smallest absolute Gasteiger partial charge is 0.341 e. The number of hydrogen-bond acceptors (Lipinski definition) is 5. The van der Waals surface area contributed by atoms with Crippen LogP contribution in [0, 0.1) is 11.6 Å². The number of aryl methyl sites for hydroxylation is 1. The first kappa shape index (κ1) is 19.9. The van der Waals surface area contributed by atoms with E-state index in [4.69, 9.17) is 4.74 Å². The minimum absolute atomic E-state index is 0.264. The van der Waals surface area contributed by atoms with Crippen LogP contribution in [-0.4, -0.2) is 24.4 Å². The second-order valence-corrected chi connectivity index (χ2v) is 7.45. The summed E-state index contributed by atoms with van der Waals surface area (Å²) in [7, 11) is 0. The summed E-state index contributed by atoms with van der Waals surface area (Å²) >= 11 is 1.33. The third-order valence-corrected chi connectivity index (χ3v) is 5.41. The highest BCUT2D eigenvalue weighted by molar-refractivity contribution is 7.17. The molecule has 0 saturated carbocycles. The molecular weight excluding hydrogens is 390 g/mol. The van der Waals surface area contributed by atoms with Gasteiger partial charge in [-0.15, -0.1) is 11.3 Å². The van der Waals surface area contributed by atoms with Crippen LogP contribution in [0.15, 0.2) is 18.2 Å². The second-order valence-electron chi connectivity index (χ2n) is 6.34. The second kappa shape index (κ2) is 8.47. The third kappa shape index (κ3) is 4.53. The number of fused-ring (bicyclic) bond motifs is 1. The molecule has 1 aromatic heterocycles. The van der Waals surface area contributed by atoms with Crippen LogP contribution >= 0.6 is 11.3 Å². The molecule has 0 atom stereocenters. The molecule has 1 aromatic carbocycles. The van der Waals surface area contributed by atoms with Crippen molar-refractivity contribution in [3.63, 3.8) is 0 Å². The highest BCUT2D eigenvalue weighted by Gasteiger charge is 2.27. The third-order valence-electron chi connectivity index (χ3n) is 4.20. The Kier molecular flexibility index (Phi) is 6.03. The Hall–Kier alpha value is -2.81. The number of thiophene rings is 1. The number of nitrogens with one attached hydrogen (secondary N) is 2. The standard InChI is InChI=1S/C19H18F2N2O4S/c1-10(24)22-18-17(12-4-2-3-5-15(12)28-18)19(26)27-9-16(25)23-14-8-11(20)6-7-13(14)21/h6-8H,2-5,9H2,1H3,(H,22,24)(H,23,25). The van der Waals surface area contributed by atoms with E-state index in [1.165, 1.54) is 18.3 Å². The van der Waals surface area contributed by atoms with Gasteiger partial charge in [-0.3, -0.25) is 9.59 Å². The summed E-state index contributed by atoms with van der Waals surface area (Å²) in [4.78, 5) is 37.0. The van der Waals surface area contributed by atoms with Crippen molar-refractivity contribution < 1.29 is 27.9 Å². The number of halogens is 2. The Morgan fingerprint density at radius 2 is 1.89 bits per heavy atom. The maximum Gasteiger partial charge on any atom is 0.341 e. The lowest BCUT2D eigenvalue weighted by Crippen LogP contribution is -2.22. The number of esters is 1. The molecule has 1 aliphatic carbocycles. The number of ether oxygens (including phenoxy) is 1. The number of anilines is 2. The molecule has 1 aliphatic rings. The number of benzene rings is 1. The van der Waals surface area contributed by atoms with Gasteiger partial charge in [-0.1, -0.05) is 0 Å². The van der Waals surface area contributed by atoms with Gasteiger partial charge in [0.15, 0.2) is 6.61 Å². The Bertz CT molecular complexity index is 942. The molecule has 6 nitrogen and oxygen atoms in total. The summed E-state index contributed by atoms with van der Waals surface area (Å²) in [5, 5.41) is 5.21. The van der Waals surface area contributed by atoms with Crippen LogP contribution in [-0.2, 0) is 27.2 Å². The molecule has 28 heavy (non-hydrogen) atoms. The molecule has 2 aromatic rings. The summed E-state index contributed by atoms with van der Waals surface area (Å²) in [6.07, 6.45) is 3.43. The zero-order valence-corrected chi connectivity index (χ0v) is 15.9. The Labute approximate surface area is 163 Å². The SMILES string of the molecule is CC(=O)Nc1sc2c(c1C(=O)OCC(=O)Nc1cc(F)ccc1F)CCCC2. The van der Waals surface area contributed by atoms with Crippen molar-refractivity contribution in [1.82, 2.24) is 0 Å². The van der Waals surface area contributed by atoms with Gasteiger partial charge in [0.25, 0.3) is 5.91 Å². The normalized spacial score (nSPS) is 12.8. The number of amides is 2. The molecule has 3 rings (SSSR count). The molecule has 148 valence electrons. The maximum atomic E-state index is 13.6. The highest BCUT2D eigenvalue weighted by atomic mass is 32.1. The lowest BCUT2D eigenvalue weighted by atomic mass is 9.95. The Morgan fingerprint density at radius 3 is 2.64 bits per heavy atom. The van der Waals surface area contributed by atoms with E-state index in [9.17, 15) is 23.2 Å². The van der Waals surface area contributed by atoms with Crippen molar-refractivity contribution in [2.24, 2.45) is 0 Å². The highest BCUT2D eigenvalue weighted by Crippen LogP contribution is 2.38. The van der Waals surface area contributed by atoms with E-state index in [2.05, 4.69) is 10.6 Å². The van der Waals surface area contributed by atoms with Crippen molar-refractivity contribution in [2.75, 3.05) is 17.2 Å². The van der Waals surface area contributed by atoms with E-state index in [-0.39, 0.29) is 17.2 Å². The summed E-state index contributed by atoms with van der Waals surface area (Å²) in [5.41, 5.74) is 0.758. The molecule has 2 N–H and O–H groups in total. The predicted molar refractivity (Wildman–Crippen MR) is 101 cm³/mol. The average molecular weight is 408 g/mol. The number of carbonyl (C=O) groups is 3. The summed E-state index contributed by atoms with van der Waals surface area (Å²) in [6.45, 7) is 0.674. The van der Waals surface area contributed by atoms with Crippen molar-refractivity contribution in [3.8, 4) is 0 Å². The first-order valence-corrected chi connectivity index (χ1v) is 9.51. The molecule has 0 aliphatic heterocycles. The monoisotopic (exact) mass is 408 g/mol. The maximum absolute atomic E-state index is 13.6. The molecule has 0 unspecified atom stereocenters. The van der Waals surface area contributed by atoms with E-state index in [1.807, 2.05) is 0 Å². The first-order chi connectivity index (χ1) is 13.3. The van der Waals surface area contributed by atoms with E-state index in [0.29, 0.717) is 11.4 Å². The Morgan fingerprint density at radius 1 is 1.14 bits per heavy atom. The largest absolute Gasteiger partial charge is 0.452 e. The van der Waals surface area contributed by atoms with Gasteiger partial charge in [0, 0.05) is 17.9 Å². The summed E-state index contributed by atoms with van der Waals surface area (Å²) in [6, 6.07) is 2.64. The fourth-order valence-electron chi connectivity index (χ4n) is 3.01. The van der Waals surface area contributed by atoms with Crippen LogP contribution < -0.4 is 10.6 Å². The van der Waals surface area contributed by atoms with Gasteiger partial charge < -0.3 is 15.4 Å². The minimum Gasteiger partial charge on any atom is -0.452 e. The van der Waals surface area contributed by atoms with E-state index < -0.39 is 30.1 Å². The number of carbonyl (C=O) groups excluding carboxylic acids is 3. The molecular formula is C19H18F2N2O4S.